The summed E-state index contributed by atoms with van der Waals surface area (Å²) in [6.45, 7) is 3.61. The molecule has 2 unspecified atom stereocenters. The quantitative estimate of drug-likeness (QED) is 0.817. The van der Waals surface area contributed by atoms with Crippen molar-refractivity contribution in [2.75, 3.05) is 0 Å². The second kappa shape index (κ2) is 7.87. The third-order valence-corrected chi connectivity index (χ3v) is 4.65. The van der Waals surface area contributed by atoms with Crippen LogP contribution in [-0.2, 0) is 22.4 Å². The topological polar surface area (TPSA) is 79.3 Å². The molecule has 1 aromatic carbocycles. The molecule has 122 valence electrons. The van der Waals surface area contributed by atoms with Gasteiger partial charge in [0.2, 0.25) is 5.91 Å². The highest BCUT2D eigenvalue weighted by molar-refractivity contribution is 7.09. The smallest absolute Gasteiger partial charge is 0.308 e. The van der Waals surface area contributed by atoms with Crippen LogP contribution >= 0.6 is 11.3 Å². The molecule has 2 N–H and O–H groups in total. The average molecular weight is 332 g/mol. The number of nitrogens with zero attached hydrogens (tertiary/aromatic N) is 1. The van der Waals surface area contributed by atoms with Gasteiger partial charge in [0, 0.05) is 5.38 Å². The fourth-order valence-electron chi connectivity index (χ4n) is 2.28. The molecule has 2 atom stereocenters. The van der Waals surface area contributed by atoms with Crippen molar-refractivity contribution in [1.29, 1.82) is 0 Å². The third-order valence-electron chi connectivity index (χ3n) is 3.61. The minimum Gasteiger partial charge on any atom is -0.481 e. The van der Waals surface area contributed by atoms with E-state index in [1.807, 2.05) is 42.6 Å². The lowest BCUT2D eigenvalue weighted by atomic mass is 9.94. The van der Waals surface area contributed by atoms with Crippen molar-refractivity contribution in [3.05, 3.63) is 52.0 Å². The molecule has 2 aromatic rings. The molecule has 1 aromatic heterocycles. The molecular weight excluding hydrogens is 312 g/mol. The summed E-state index contributed by atoms with van der Waals surface area (Å²) in [6, 6.07) is 8.60. The molecule has 5 nitrogen and oxygen atoms in total. The lowest BCUT2D eigenvalue weighted by Crippen LogP contribution is -2.36. The van der Waals surface area contributed by atoms with E-state index in [1.54, 1.807) is 6.92 Å². The summed E-state index contributed by atoms with van der Waals surface area (Å²) in [5.41, 5.74) is 1.50. The molecule has 23 heavy (non-hydrogen) atoms. The largest absolute Gasteiger partial charge is 0.481 e. The molecule has 0 saturated carbocycles. The summed E-state index contributed by atoms with van der Waals surface area (Å²) >= 11 is 1.53. The maximum absolute atomic E-state index is 12.3. The van der Waals surface area contributed by atoms with Crippen LogP contribution in [0.5, 0.6) is 0 Å². The van der Waals surface area contributed by atoms with Crippen molar-refractivity contribution >= 4 is 23.2 Å². The monoisotopic (exact) mass is 332 g/mol. The van der Waals surface area contributed by atoms with Crippen LogP contribution in [0, 0.1) is 5.92 Å². The molecule has 2 rings (SSSR count). The number of thiazole rings is 1. The molecular formula is C17H20N2O3S. The fourth-order valence-corrected chi connectivity index (χ4v) is 3.03. The number of rotatable bonds is 7. The van der Waals surface area contributed by atoms with Crippen molar-refractivity contribution < 1.29 is 14.7 Å². The van der Waals surface area contributed by atoms with E-state index in [0.717, 1.165) is 22.7 Å². The molecule has 0 aliphatic carbocycles. The first-order valence-electron chi connectivity index (χ1n) is 7.51. The maximum atomic E-state index is 12.3. The van der Waals surface area contributed by atoms with Gasteiger partial charge in [-0.3, -0.25) is 9.59 Å². The number of carboxylic acids is 1. The van der Waals surface area contributed by atoms with E-state index in [4.69, 9.17) is 0 Å². The summed E-state index contributed by atoms with van der Waals surface area (Å²) in [5, 5.41) is 15.0. The Bertz CT molecular complexity index is 669. The number of hydrogen-bond acceptors (Lipinski definition) is 4. The molecule has 0 bridgehead atoms. The summed E-state index contributed by atoms with van der Waals surface area (Å²) in [6.07, 6.45) is 1.00. The van der Waals surface area contributed by atoms with Crippen molar-refractivity contribution in [2.45, 2.75) is 32.7 Å². The van der Waals surface area contributed by atoms with Crippen LogP contribution < -0.4 is 5.32 Å². The van der Waals surface area contributed by atoms with E-state index >= 15 is 0 Å². The number of carbonyl (C=O) groups excluding carboxylic acids is 1. The van der Waals surface area contributed by atoms with Gasteiger partial charge in [-0.1, -0.05) is 37.3 Å². The van der Waals surface area contributed by atoms with Gasteiger partial charge in [0.1, 0.15) is 0 Å². The van der Waals surface area contributed by atoms with Gasteiger partial charge in [0.15, 0.2) is 0 Å². The van der Waals surface area contributed by atoms with Crippen molar-refractivity contribution in [2.24, 2.45) is 5.92 Å². The standard InChI is InChI=1S/C17H20N2O3S/c1-3-15-18-13(10-23-15)9-14(20)19-16(11(2)17(21)22)12-7-5-4-6-8-12/h4-8,10-11,16H,3,9H2,1-2H3,(H,19,20)(H,21,22). The molecule has 0 fully saturated rings. The van der Waals surface area contributed by atoms with Crippen LogP contribution in [0.2, 0.25) is 0 Å². The molecule has 0 radical (unpaired) electrons. The molecule has 0 saturated heterocycles. The van der Waals surface area contributed by atoms with Gasteiger partial charge in [0.05, 0.1) is 29.1 Å². The molecule has 0 aliphatic heterocycles. The predicted molar refractivity (Wildman–Crippen MR) is 89.3 cm³/mol. The highest BCUT2D eigenvalue weighted by Gasteiger charge is 2.26. The first kappa shape index (κ1) is 17.1. The number of hydrogen-bond donors (Lipinski definition) is 2. The summed E-state index contributed by atoms with van der Waals surface area (Å²) < 4.78 is 0. The van der Waals surface area contributed by atoms with Gasteiger partial charge in [-0.25, -0.2) is 4.98 Å². The minimum atomic E-state index is -0.943. The normalized spacial score (nSPS) is 13.3. The van der Waals surface area contributed by atoms with Gasteiger partial charge in [0.25, 0.3) is 0 Å². The first-order valence-corrected chi connectivity index (χ1v) is 8.39. The lowest BCUT2D eigenvalue weighted by Gasteiger charge is -2.22. The SMILES string of the molecule is CCc1nc(CC(=O)NC(c2ccccc2)C(C)C(=O)O)cs1. The summed E-state index contributed by atoms with van der Waals surface area (Å²) in [4.78, 5) is 28.0. The Kier molecular flexibility index (Phi) is 5.87. The number of benzene rings is 1. The Morgan fingerprint density at radius 3 is 2.57 bits per heavy atom. The van der Waals surface area contributed by atoms with Crippen molar-refractivity contribution in [1.82, 2.24) is 10.3 Å². The zero-order chi connectivity index (χ0) is 16.8. The van der Waals surface area contributed by atoms with Gasteiger partial charge in [-0.05, 0) is 18.9 Å². The second-order valence-corrected chi connectivity index (χ2v) is 6.29. The number of nitrogens with one attached hydrogen (secondary N) is 1. The molecule has 6 heteroatoms. The second-order valence-electron chi connectivity index (χ2n) is 5.35. The molecule has 0 aliphatic rings. The zero-order valence-electron chi connectivity index (χ0n) is 13.2. The summed E-state index contributed by atoms with van der Waals surface area (Å²) in [5.74, 6) is -1.89. The Morgan fingerprint density at radius 1 is 1.30 bits per heavy atom. The maximum Gasteiger partial charge on any atom is 0.308 e. The first-order chi connectivity index (χ1) is 11.0. The predicted octanol–water partition coefficient (Wildman–Crippen LogP) is 2.83. The van der Waals surface area contributed by atoms with Gasteiger partial charge >= 0.3 is 5.97 Å². The highest BCUT2D eigenvalue weighted by atomic mass is 32.1. The van der Waals surface area contributed by atoms with Gasteiger partial charge < -0.3 is 10.4 Å². The van der Waals surface area contributed by atoms with E-state index in [1.165, 1.54) is 11.3 Å². The Hall–Kier alpha value is -2.21. The van der Waals surface area contributed by atoms with Crippen LogP contribution in [0.15, 0.2) is 35.7 Å². The zero-order valence-corrected chi connectivity index (χ0v) is 14.0. The Labute approximate surface area is 139 Å². The number of amides is 1. The van der Waals surface area contributed by atoms with Crippen LogP contribution in [0.25, 0.3) is 0 Å². The van der Waals surface area contributed by atoms with Crippen LogP contribution in [0.1, 0.15) is 36.2 Å². The Balaban J connectivity index is 2.10. The lowest BCUT2D eigenvalue weighted by molar-refractivity contribution is -0.142. The Morgan fingerprint density at radius 2 is 2.00 bits per heavy atom. The molecule has 1 amide bonds. The summed E-state index contributed by atoms with van der Waals surface area (Å²) in [7, 11) is 0. The van der Waals surface area contributed by atoms with E-state index in [2.05, 4.69) is 10.3 Å². The van der Waals surface area contributed by atoms with Gasteiger partial charge in [-0.15, -0.1) is 11.3 Å². The molecule has 0 spiro atoms. The number of carbonyl (C=O) groups is 2. The third kappa shape index (κ3) is 4.63. The molecule has 1 heterocycles. The number of aryl methyl sites for hydroxylation is 1. The van der Waals surface area contributed by atoms with E-state index in [0.29, 0.717) is 0 Å². The fraction of sp³-hybridized carbons (Fsp3) is 0.353. The van der Waals surface area contributed by atoms with Crippen LogP contribution in [0.3, 0.4) is 0 Å². The number of aromatic nitrogens is 1. The number of carboxylic acid groups (broad SMARTS) is 1. The van der Waals surface area contributed by atoms with Crippen LogP contribution in [-0.4, -0.2) is 22.0 Å². The van der Waals surface area contributed by atoms with Gasteiger partial charge in [-0.2, -0.15) is 0 Å². The van der Waals surface area contributed by atoms with E-state index in [9.17, 15) is 14.7 Å². The average Bonchev–Trinajstić information content (AvgIpc) is 3.00. The number of aliphatic carboxylic acids is 1. The van der Waals surface area contributed by atoms with Crippen molar-refractivity contribution in [3.63, 3.8) is 0 Å². The van der Waals surface area contributed by atoms with Crippen molar-refractivity contribution in [3.8, 4) is 0 Å². The highest BCUT2D eigenvalue weighted by Crippen LogP contribution is 2.22. The van der Waals surface area contributed by atoms with Crippen LogP contribution in [0.4, 0.5) is 0 Å². The van der Waals surface area contributed by atoms with E-state index in [-0.39, 0.29) is 12.3 Å². The minimum absolute atomic E-state index is 0.159. The van der Waals surface area contributed by atoms with E-state index < -0.39 is 17.9 Å².